The number of piperidine rings is 1. The largest absolute Gasteiger partial charge is 0.353 e. The van der Waals surface area contributed by atoms with Gasteiger partial charge in [-0.2, -0.15) is 0 Å². The monoisotopic (exact) mass is 284 g/mol. The average Bonchev–Trinajstić information content (AvgIpc) is 2.50. The van der Waals surface area contributed by atoms with E-state index >= 15 is 0 Å². The summed E-state index contributed by atoms with van der Waals surface area (Å²) < 4.78 is 0.887. The van der Waals surface area contributed by atoms with Crippen LogP contribution in [0.5, 0.6) is 0 Å². The number of hydrogen-bond acceptors (Lipinski definition) is 2. The first-order valence-corrected chi connectivity index (χ1v) is 7.71. The fourth-order valence-electron chi connectivity index (χ4n) is 3.05. The molecule has 20 heavy (non-hydrogen) atoms. The number of aromatic nitrogens is 1. The molecule has 0 radical (unpaired) electrons. The third-order valence-electron chi connectivity index (χ3n) is 4.05. The Morgan fingerprint density at radius 1 is 1.10 bits per heavy atom. The molecule has 1 N–H and O–H groups in total. The first-order valence-electron chi connectivity index (χ1n) is 7.30. The van der Waals surface area contributed by atoms with Gasteiger partial charge in [0.2, 0.25) is 0 Å². The highest BCUT2D eigenvalue weighted by Crippen LogP contribution is 2.32. The second kappa shape index (κ2) is 6.33. The van der Waals surface area contributed by atoms with E-state index in [9.17, 15) is 0 Å². The van der Waals surface area contributed by atoms with Crippen molar-refractivity contribution in [1.82, 2.24) is 9.88 Å². The fraction of sp³-hybridized carbons (Fsp3) is 0.353. The predicted octanol–water partition coefficient (Wildman–Crippen LogP) is 4.47. The summed E-state index contributed by atoms with van der Waals surface area (Å²) in [5.41, 5.74) is 2.66. The van der Waals surface area contributed by atoms with E-state index in [4.69, 9.17) is 12.2 Å². The molecule has 0 aliphatic carbocycles. The van der Waals surface area contributed by atoms with Gasteiger partial charge in [0.15, 0.2) is 0 Å². The molecule has 104 valence electrons. The van der Waals surface area contributed by atoms with Crippen LogP contribution >= 0.6 is 12.2 Å². The van der Waals surface area contributed by atoms with Crippen molar-refractivity contribution in [2.45, 2.75) is 31.8 Å². The average molecular weight is 284 g/mol. The minimum atomic E-state index is 0.453. The van der Waals surface area contributed by atoms with Crippen LogP contribution in [0.3, 0.4) is 0 Å². The first-order chi connectivity index (χ1) is 9.84. The van der Waals surface area contributed by atoms with Crippen LogP contribution < -0.4 is 0 Å². The van der Waals surface area contributed by atoms with Gasteiger partial charge in [0.25, 0.3) is 0 Å². The summed E-state index contributed by atoms with van der Waals surface area (Å²) in [6.45, 7) is 2.17. The lowest BCUT2D eigenvalue weighted by atomic mass is 9.96. The molecule has 3 heteroatoms. The first kappa shape index (κ1) is 13.5. The van der Waals surface area contributed by atoms with Crippen molar-refractivity contribution in [2.75, 3.05) is 6.54 Å². The number of pyridine rings is 1. The molecular formula is C17H20N2S. The lowest BCUT2D eigenvalue weighted by Crippen LogP contribution is -2.33. The third kappa shape index (κ3) is 3.00. The number of nitrogens with one attached hydrogen (secondary N) is 1. The highest BCUT2D eigenvalue weighted by molar-refractivity contribution is 7.71. The van der Waals surface area contributed by atoms with E-state index in [1.165, 1.54) is 30.4 Å². The molecule has 0 spiro atoms. The zero-order chi connectivity index (χ0) is 13.8. The SMILES string of the molecule is S=c1[nH]cccc1[C@H]1CCCCN1Cc1ccccc1. The maximum absolute atomic E-state index is 5.47. The Labute approximate surface area is 125 Å². The number of hydrogen-bond donors (Lipinski definition) is 1. The smallest absolute Gasteiger partial charge is 0.108 e. The van der Waals surface area contributed by atoms with Gasteiger partial charge in [0.1, 0.15) is 4.64 Å². The van der Waals surface area contributed by atoms with Crippen LogP contribution in [0.2, 0.25) is 0 Å². The molecule has 0 bridgehead atoms. The molecule has 0 unspecified atom stereocenters. The van der Waals surface area contributed by atoms with E-state index in [1.807, 2.05) is 6.20 Å². The lowest BCUT2D eigenvalue weighted by molar-refractivity contribution is 0.140. The molecule has 1 aliphatic heterocycles. The van der Waals surface area contributed by atoms with E-state index in [-0.39, 0.29) is 0 Å². The number of H-pyrrole nitrogens is 1. The summed E-state index contributed by atoms with van der Waals surface area (Å²) in [5, 5.41) is 0. The molecule has 1 fully saturated rings. The second-order valence-electron chi connectivity index (χ2n) is 5.42. The van der Waals surface area contributed by atoms with Crippen molar-refractivity contribution >= 4 is 12.2 Å². The Kier molecular flexibility index (Phi) is 4.28. The summed E-state index contributed by atoms with van der Waals surface area (Å²) in [7, 11) is 0. The molecule has 1 saturated heterocycles. The molecule has 1 aromatic heterocycles. The molecule has 3 rings (SSSR count). The van der Waals surface area contributed by atoms with Gasteiger partial charge in [-0.25, -0.2) is 0 Å². The van der Waals surface area contributed by atoms with E-state index in [0.29, 0.717) is 6.04 Å². The Morgan fingerprint density at radius 2 is 1.95 bits per heavy atom. The van der Waals surface area contributed by atoms with E-state index < -0.39 is 0 Å². The summed E-state index contributed by atoms with van der Waals surface area (Å²) >= 11 is 5.47. The number of benzene rings is 1. The number of aromatic amines is 1. The predicted molar refractivity (Wildman–Crippen MR) is 85.1 cm³/mol. The van der Waals surface area contributed by atoms with Crippen LogP contribution in [0.15, 0.2) is 48.7 Å². The van der Waals surface area contributed by atoms with Gasteiger partial charge in [-0.05, 0) is 31.0 Å². The van der Waals surface area contributed by atoms with Crippen molar-refractivity contribution in [2.24, 2.45) is 0 Å². The summed E-state index contributed by atoms with van der Waals surface area (Å²) in [4.78, 5) is 5.74. The maximum Gasteiger partial charge on any atom is 0.108 e. The maximum atomic E-state index is 5.47. The lowest BCUT2D eigenvalue weighted by Gasteiger charge is -2.36. The van der Waals surface area contributed by atoms with Gasteiger partial charge < -0.3 is 4.98 Å². The van der Waals surface area contributed by atoms with Gasteiger partial charge in [-0.15, -0.1) is 0 Å². The zero-order valence-corrected chi connectivity index (χ0v) is 12.4. The third-order valence-corrected chi connectivity index (χ3v) is 4.40. The fourth-order valence-corrected chi connectivity index (χ4v) is 3.32. The molecule has 1 aromatic carbocycles. The van der Waals surface area contributed by atoms with Crippen LogP contribution in [0, 0.1) is 4.64 Å². The minimum Gasteiger partial charge on any atom is -0.353 e. The summed E-state index contributed by atoms with van der Waals surface area (Å²) in [6.07, 6.45) is 5.69. The molecule has 0 amide bonds. The standard InChI is InChI=1S/C17H20N2S/c20-17-15(9-6-11-18-17)16-10-4-5-12-19(16)13-14-7-2-1-3-8-14/h1-3,6-9,11,16H,4-5,10,12-13H2,(H,18,20)/t16-/m1/s1. The van der Waals surface area contributed by atoms with Crippen LogP contribution in [0.25, 0.3) is 0 Å². The van der Waals surface area contributed by atoms with Gasteiger partial charge in [-0.3, -0.25) is 4.90 Å². The number of likely N-dealkylation sites (tertiary alicyclic amines) is 1. The molecule has 1 aliphatic rings. The normalized spacial score (nSPS) is 19.9. The molecule has 1 atom stereocenters. The molecule has 2 heterocycles. The van der Waals surface area contributed by atoms with Crippen molar-refractivity contribution in [3.8, 4) is 0 Å². The topological polar surface area (TPSA) is 19.0 Å². The molecule has 0 saturated carbocycles. The van der Waals surface area contributed by atoms with Gasteiger partial charge in [0, 0.05) is 24.3 Å². The van der Waals surface area contributed by atoms with E-state index in [2.05, 4.69) is 52.3 Å². The van der Waals surface area contributed by atoms with E-state index in [0.717, 1.165) is 17.7 Å². The van der Waals surface area contributed by atoms with Crippen LogP contribution in [0.4, 0.5) is 0 Å². The number of rotatable bonds is 3. The van der Waals surface area contributed by atoms with Crippen molar-refractivity contribution < 1.29 is 0 Å². The Balaban J connectivity index is 1.85. The zero-order valence-electron chi connectivity index (χ0n) is 11.6. The Morgan fingerprint density at radius 3 is 2.75 bits per heavy atom. The highest BCUT2D eigenvalue weighted by atomic mass is 32.1. The van der Waals surface area contributed by atoms with Gasteiger partial charge >= 0.3 is 0 Å². The summed E-state index contributed by atoms with van der Waals surface area (Å²) in [5.74, 6) is 0. The Hall–Kier alpha value is -1.45. The van der Waals surface area contributed by atoms with E-state index in [1.54, 1.807) is 0 Å². The highest BCUT2D eigenvalue weighted by Gasteiger charge is 2.24. The van der Waals surface area contributed by atoms with Gasteiger partial charge in [-0.1, -0.05) is 55.0 Å². The van der Waals surface area contributed by atoms with Gasteiger partial charge in [0.05, 0.1) is 0 Å². The minimum absolute atomic E-state index is 0.453. The quantitative estimate of drug-likeness (QED) is 0.839. The molecule has 2 nitrogen and oxygen atoms in total. The van der Waals surface area contributed by atoms with Crippen molar-refractivity contribution in [3.05, 3.63) is 64.4 Å². The number of nitrogens with zero attached hydrogens (tertiary/aromatic N) is 1. The molecular weight excluding hydrogens is 264 g/mol. The van der Waals surface area contributed by atoms with Crippen LogP contribution in [-0.4, -0.2) is 16.4 Å². The van der Waals surface area contributed by atoms with Crippen molar-refractivity contribution in [1.29, 1.82) is 0 Å². The second-order valence-corrected chi connectivity index (χ2v) is 5.83. The molecule has 2 aromatic rings. The summed E-state index contributed by atoms with van der Waals surface area (Å²) in [6, 6.07) is 15.4. The van der Waals surface area contributed by atoms with Crippen LogP contribution in [-0.2, 0) is 6.54 Å². The van der Waals surface area contributed by atoms with Crippen LogP contribution in [0.1, 0.15) is 36.4 Å². The van der Waals surface area contributed by atoms with Crippen molar-refractivity contribution in [3.63, 3.8) is 0 Å². The Bertz CT molecular complexity index is 606.